The summed E-state index contributed by atoms with van der Waals surface area (Å²) in [5.41, 5.74) is 5.40. The highest BCUT2D eigenvalue weighted by molar-refractivity contribution is 5.77. The molecule has 264 valence electrons. The Morgan fingerprint density at radius 2 is 1.00 bits per heavy atom. The molecule has 0 radical (unpaired) electrons. The van der Waals surface area contributed by atoms with Crippen LogP contribution >= 0.6 is 0 Å². The molecule has 0 spiro atoms. The molecular formula is C45H41FO6. The minimum absolute atomic E-state index is 0.254. The van der Waals surface area contributed by atoms with Crippen LogP contribution in [0.1, 0.15) is 55.8 Å². The highest BCUT2D eigenvalue weighted by Gasteiger charge is 2.12. The summed E-state index contributed by atoms with van der Waals surface area (Å²) in [7, 11) is 0. The smallest absolute Gasteiger partial charge is 0.162 e. The first-order valence-corrected chi connectivity index (χ1v) is 17.1. The minimum Gasteiger partial charge on any atom is -0.489 e. The maximum Gasteiger partial charge on any atom is 0.162 e. The van der Waals surface area contributed by atoms with E-state index in [2.05, 4.69) is 19.1 Å². The fraction of sp³-hybridized carbons (Fsp3) is 0.156. The van der Waals surface area contributed by atoms with Crippen LogP contribution in [-0.4, -0.2) is 25.8 Å². The third-order valence-corrected chi connectivity index (χ3v) is 8.10. The Morgan fingerprint density at radius 1 is 0.519 bits per heavy atom. The molecular weight excluding hydrogens is 655 g/mol. The van der Waals surface area contributed by atoms with E-state index in [9.17, 15) is 14.0 Å². The number of hydrogen-bond acceptors (Lipinski definition) is 6. The molecule has 7 heteroatoms. The topological polar surface area (TPSA) is 71.1 Å². The van der Waals surface area contributed by atoms with E-state index in [-0.39, 0.29) is 11.7 Å². The van der Waals surface area contributed by atoms with E-state index in [0.29, 0.717) is 67.0 Å². The van der Waals surface area contributed by atoms with E-state index in [1.54, 1.807) is 48.5 Å². The quantitative estimate of drug-likeness (QED) is 0.0939. The lowest BCUT2D eigenvalue weighted by molar-refractivity contribution is 0.111. The number of halogens is 1. The largest absolute Gasteiger partial charge is 0.489 e. The predicted octanol–water partition coefficient (Wildman–Crippen LogP) is 10.1. The van der Waals surface area contributed by atoms with E-state index >= 15 is 0 Å². The summed E-state index contributed by atoms with van der Waals surface area (Å²) in [5.74, 6) is 2.33. The van der Waals surface area contributed by atoms with Crippen LogP contribution in [0.15, 0.2) is 152 Å². The first-order chi connectivity index (χ1) is 25.5. The third kappa shape index (κ3) is 11.7. The maximum absolute atomic E-state index is 12.9. The Hall–Kier alpha value is -6.21. The van der Waals surface area contributed by atoms with Gasteiger partial charge in [-0.2, -0.15) is 0 Å². The van der Waals surface area contributed by atoms with Crippen molar-refractivity contribution in [3.8, 4) is 23.0 Å². The van der Waals surface area contributed by atoms with Crippen molar-refractivity contribution in [3.05, 3.63) is 191 Å². The zero-order valence-electron chi connectivity index (χ0n) is 29.0. The normalized spacial score (nSPS) is 11.0. The Labute approximate surface area is 304 Å². The maximum atomic E-state index is 12.9. The minimum atomic E-state index is -0.254. The lowest BCUT2D eigenvalue weighted by atomic mass is 10.0. The van der Waals surface area contributed by atoms with Gasteiger partial charge in [0.2, 0.25) is 0 Å². The average Bonchev–Trinajstić information content (AvgIpc) is 3.21. The number of carbonyl (C=O) groups excluding carboxylic acids is 2. The first-order valence-electron chi connectivity index (χ1n) is 17.1. The zero-order valence-corrected chi connectivity index (χ0v) is 29.0. The Kier molecular flexibility index (Phi) is 14.1. The van der Waals surface area contributed by atoms with E-state index in [0.717, 1.165) is 29.3 Å². The van der Waals surface area contributed by atoms with Gasteiger partial charge in [-0.3, -0.25) is 9.59 Å². The fourth-order valence-corrected chi connectivity index (χ4v) is 5.15. The molecule has 6 aromatic rings. The van der Waals surface area contributed by atoms with Crippen molar-refractivity contribution in [3.63, 3.8) is 0 Å². The summed E-state index contributed by atoms with van der Waals surface area (Å²) < 4.78 is 36.5. The fourth-order valence-electron chi connectivity index (χ4n) is 5.15. The number of ether oxygens (including phenoxy) is 4. The van der Waals surface area contributed by atoms with E-state index in [1.807, 2.05) is 78.9 Å². The molecule has 0 amide bonds. The summed E-state index contributed by atoms with van der Waals surface area (Å²) in [4.78, 5) is 22.1. The number of rotatable bonds is 16. The van der Waals surface area contributed by atoms with Gasteiger partial charge in [-0.1, -0.05) is 110 Å². The molecule has 0 aliphatic carbocycles. The van der Waals surface area contributed by atoms with Crippen LogP contribution in [0.25, 0.3) is 0 Å². The lowest BCUT2D eigenvalue weighted by Crippen LogP contribution is -2.08. The van der Waals surface area contributed by atoms with Gasteiger partial charge in [0, 0.05) is 23.5 Å². The van der Waals surface area contributed by atoms with E-state index in [1.165, 1.54) is 17.7 Å². The van der Waals surface area contributed by atoms with Crippen molar-refractivity contribution in [1.82, 2.24) is 0 Å². The van der Waals surface area contributed by atoms with Crippen LogP contribution in [0, 0.1) is 5.82 Å². The number of carbonyl (C=O) groups is 2. The van der Waals surface area contributed by atoms with Gasteiger partial charge in [-0.15, -0.1) is 0 Å². The Balaban J connectivity index is 0.000000201. The van der Waals surface area contributed by atoms with Crippen LogP contribution < -0.4 is 18.9 Å². The monoisotopic (exact) mass is 696 g/mol. The van der Waals surface area contributed by atoms with Crippen molar-refractivity contribution in [2.75, 3.05) is 13.2 Å². The van der Waals surface area contributed by atoms with Gasteiger partial charge in [-0.25, -0.2) is 4.39 Å². The molecule has 0 unspecified atom stereocenters. The summed E-state index contributed by atoms with van der Waals surface area (Å²) in [6.07, 6.45) is 2.23. The van der Waals surface area contributed by atoms with Gasteiger partial charge in [0.05, 0.1) is 13.2 Å². The molecule has 0 aliphatic heterocycles. The highest BCUT2D eigenvalue weighted by atomic mass is 19.1. The number of benzene rings is 6. The Morgan fingerprint density at radius 3 is 1.50 bits per heavy atom. The summed E-state index contributed by atoms with van der Waals surface area (Å²) in [6.45, 7) is 3.89. The number of aldehydes is 2. The lowest BCUT2D eigenvalue weighted by Gasteiger charge is -2.17. The first kappa shape index (κ1) is 37.1. The van der Waals surface area contributed by atoms with Crippen molar-refractivity contribution < 1.29 is 32.9 Å². The summed E-state index contributed by atoms with van der Waals surface area (Å²) in [5, 5.41) is 0. The van der Waals surface area contributed by atoms with Gasteiger partial charge in [-0.05, 0) is 70.8 Å². The summed E-state index contributed by atoms with van der Waals surface area (Å²) in [6, 6.07) is 46.6. The molecule has 0 saturated heterocycles. The van der Waals surface area contributed by atoms with E-state index < -0.39 is 0 Å². The van der Waals surface area contributed by atoms with Gasteiger partial charge in [0.25, 0.3) is 0 Å². The third-order valence-electron chi connectivity index (χ3n) is 8.10. The van der Waals surface area contributed by atoms with Crippen LogP contribution in [0.3, 0.4) is 0 Å². The molecule has 0 heterocycles. The molecule has 0 aromatic heterocycles. The second-order valence-electron chi connectivity index (χ2n) is 12.0. The van der Waals surface area contributed by atoms with Crippen molar-refractivity contribution in [1.29, 1.82) is 0 Å². The van der Waals surface area contributed by atoms with Crippen LogP contribution in [0.5, 0.6) is 23.0 Å². The highest BCUT2D eigenvalue weighted by Crippen LogP contribution is 2.31. The predicted molar refractivity (Wildman–Crippen MR) is 201 cm³/mol. The van der Waals surface area contributed by atoms with Crippen LogP contribution in [0.2, 0.25) is 0 Å². The van der Waals surface area contributed by atoms with Crippen molar-refractivity contribution >= 4 is 12.6 Å². The molecule has 0 saturated carbocycles. The molecule has 0 N–H and O–H groups in total. The molecule has 6 aromatic carbocycles. The number of hydrogen-bond donors (Lipinski definition) is 0. The van der Waals surface area contributed by atoms with Gasteiger partial charge in [0.15, 0.2) is 23.0 Å². The molecule has 0 aliphatic rings. The molecule has 6 rings (SSSR count). The van der Waals surface area contributed by atoms with Crippen LogP contribution in [-0.2, 0) is 19.6 Å². The second kappa shape index (κ2) is 19.8. The molecule has 0 fully saturated rings. The molecule has 1 atom stereocenters. The standard InChI is InChI=1S/C23H22O3.C22H19FO3/c1-18(21-10-6-3-7-11-21)16-25-22-13-12-20(15-24)14-23(22)26-17-19-8-4-2-5-9-19;23-20-9-6-17(7-10-20)12-13-25-21-11-8-19(15-24)14-22(21)26-16-18-4-2-1-3-5-18/h2-15,18H,16-17H2,1H3;1-11,14-15H,12-13,16H2/t18-;/m1./s1. The Bertz CT molecular complexity index is 1970. The van der Waals surface area contributed by atoms with Gasteiger partial charge < -0.3 is 18.9 Å². The molecule has 6 nitrogen and oxygen atoms in total. The van der Waals surface area contributed by atoms with Crippen molar-refractivity contribution in [2.24, 2.45) is 0 Å². The average molecular weight is 697 g/mol. The zero-order chi connectivity index (χ0) is 36.4. The summed E-state index contributed by atoms with van der Waals surface area (Å²) >= 11 is 0. The van der Waals surface area contributed by atoms with Gasteiger partial charge >= 0.3 is 0 Å². The van der Waals surface area contributed by atoms with Crippen LogP contribution in [0.4, 0.5) is 4.39 Å². The molecule has 52 heavy (non-hydrogen) atoms. The van der Waals surface area contributed by atoms with E-state index in [4.69, 9.17) is 18.9 Å². The SMILES string of the molecule is C[C@H](COc1ccc(C=O)cc1OCc1ccccc1)c1ccccc1.O=Cc1ccc(OCCc2ccc(F)cc2)c(OCc2ccccc2)c1. The van der Waals surface area contributed by atoms with Gasteiger partial charge in [0.1, 0.15) is 31.6 Å². The molecule has 0 bridgehead atoms. The van der Waals surface area contributed by atoms with Crippen molar-refractivity contribution in [2.45, 2.75) is 32.5 Å². The second-order valence-corrected chi connectivity index (χ2v) is 12.0.